The minimum atomic E-state index is -1.60. The van der Waals surface area contributed by atoms with E-state index in [1.54, 1.807) is 29.7 Å². The summed E-state index contributed by atoms with van der Waals surface area (Å²) in [5.41, 5.74) is 3.93. The van der Waals surface area contributed by atoms with Crippen LogP contribution in [0.25, 0.3) is 11.1 Å². The lowest BCUT2D eigenvalue weighted by Gasteiger charge is -2.28. The molecule has 1 fully saturated rings. The number of hydrazone groups is 1. The number of imide groups is 1. The Morgan fingerprint density at radius 2 is 1.84 bits per heavy atom. The van der Waals surface area contributed by atoms with Crippen molar-refractivity contribution in [2.45, 2.75) is 5.92 Å². The van der Waals surface area contributed by atoms with E-state index in [2.05, 4.69) is 10.1 Å². The molecular weight excluding hydrogens is 463 g/mol. The summed E-state index contributed by atoms with van der Waals surface area (Å²) >= 11 is 11.9. The highest BCUT2D eigenvalue weighted by Crippen LogP contribution is 2.33. The maximum atomic E-state index is 13.3. The number of Topliss-reactive ketones (excluding diaryl/α,β-unsaturated/α-hetero) is 1. The topological polar surface area (TPSA) is 160 Å². The van der Waals surface area contributed by atoms with Crippen molar-refractivity contribution in [2.75, 3.05) is 4.90 Å². The molecule has 2 heterocycles. The van der Waals surface area contributed by atoms with Crippen molar-refractivity contribution < 1.29 is 23.6 Å². The van der Waals surface area contributed by atoms with Gasteiger partial charge in [-0.15, -0.1) is 0 Å². The van der Waals surface area contributed by atoms with E-state index in [1.807, 2.05) is 5.43 Å². The number of aromatic nitrogens is 1. The van der Waals surface area contributed by atoms with Crippen LogP contribution >= 0.6 is 23.2 Å². The van der Waals surface area contributed by atoms with Gasteiger partial charge in [0.25, 0.3) is 5.91 Å². The molecule has 32 heavy (non-hydrogen) atoms. The molecule has 1 saturated heterocycles. The molecule has 13 heteroatoms. The summed E-state index contributed by atoms with van der Waals surface area (Å²) in [6.45, 7) is 0. The minimum Gasteiger partial charge on any atom is -0.439 e. The number of hydrogen-bond donors (Lipinski definition) is 3. The third-order valence-electron chi connectivity index (χ3n) is 4.50. The third-order valence-corrected chi connectivity index (χ3v) is 5.24. The molecule has 1 aromatic heterocycles. The first-order valence-electron chi connectivity index (χ1n) is 8.89. The lowest BCUT2D eigenvalue weighted by Crippen LogP contribution is -2.55. The first-order valence-corrected chi connectivity index (χ1v) is 9.64. The van der Waals surface area contributed by atoms with Gasteiger partial charge in [-0.05, 0) is 30.3 Å². The van der Waals surface area contributed by atoms with E-state index < -0.39 is 35.3 Å². The molecule has 4 rings (SSSR count). The Morgan fingerprint density at radius 1 is 1.09 bits per heavy atom. The Morgan fingerprint density at radius 3 is 2.53 bits per heavy atom. The maximum absolute atomic E-state index is 13.3. The van der Waals surface area contributed by atoms with Gasteiger partial charge in [-0.2, -0.15) is 5.10 Å². The van der Waals surface area contributed by atoms with Crippen LogP contribution in [-0.4, -0.2) is 34.3 Å². The Balaban J connectivity index is 1.84. The normalized spacial score (nSPS) is 17.8. The van der Waals surface area contributed by atoms with Gasteiger partial charge in [0.1, 0.15) is 11.2 Å². The van der Waals surface area contributed by atoms with Gasteiger partial charge in [-0.25, -0.2) is 25.9 Å². The highest BCUT2D eigenvalue weighted by molar-refractivity contribution is 6.67. The number of fused-ring (bicyclic) bond motifs is 1. The molecule has 3 aromatic rings. The van der Waals surface area contributed by atoms with Crippen LogP contribution in [0.4, 0.5) is 10.5 Å². The number of halogens is 2. The van der Waals surface area contributed by atoms with E-state index in [1.165, 1.54) is 18.2 Å². The van der Waals surface area contributed by atoms with Gasteiger partial charge in [-0.1, -0.05) is 35.3 Å². The van der Waals surface area contributed by atoms with Gasteiger partial charge < -0.3 is 4.42 Å². The average Bonchev–Trinajstić information content (AvgIpc) is 3.21. The predicted octanol–water partition coefficient (Wildman–Crippen LogP) is 1.89. The summed E-state index contributed by atoms with van der Waals surface area (Å²) in [4.78, 5) is 55.5. The molecule has 2 aromatic carbocycles. The van der Waals surface area contributed by atoms with Crippen molar-refractivity contribution in [1.82, 2.24) is 15.8 Å². The molecule has 0 spiro atoms. The number of urea groups is 1. The van der Waals surface area contributed by atoms with Gasteiger partial charge in [0.2, 0.25) is 11.7 Å². The van der Waals surface area contributed by atoms with Crippen molar-refractivity contribution in [3.05, 3.63) is 58.4 Å². The number of nitrogens with zero attached hydrogens (tertiary/aromatic N) is 3. The van der Waals surface area contributed by atoms with E-state index in [9.17, 15) is 19.2 Å². The van der Waals surface area contributed by atoms with Crippen LogP contribution in [-0.2, 0) is 14.4 Å². The second-order valence-electron chi connectivity index (χ2n) is 6.44. The number of para-hydroxylation sites is 2. The third kappa shape index (κ3) is 3.68. The monoisotopic (exact) mass is 474 g/mol. The van der Waals surface area contributed by atoms with Crippen LogP contribution in [0.2, 0.25) is 10.0 Å². The maximum Gasteiger partial charge on any atom is 0.349 e. The first-order chi connectivity index (χ1) is 15.3. The summed E-state index contributed by atoms with van der Waals surface area (Å²) < 4.78 is 5.59. The number of rotatable bonds is 3. The number of benzene rings is 2. The molecule has 1 aliphatic rings. The summed E-state index contributed by atoms with van der Waals surface area (Å²) in [7, 11) is 0. The number of nitrogens with one attached hydrogen (secondary N) is 2. The number of amides is 4. The van der Waals surface area contributed by atoms with E-state index in [0.29, 0.717) is 16.0 Å². The van der Waals surface area contributed by atoms with Crippen LogP contribution < -0.4 is 21.6 Å². The van der Waals surface area contributed by atoms with Crippen molar-refractivity contribution in [3.8, 4) is 0 Å². The second kappa shape index (κ2) is 8.38. The van der Waals surface area contributed by atoms with E-state index >= 15 is 0 Å². The van der Waals surface area contributed by atoms with Crippen molar-refractivity contribution in [3.63, 3.8) is 0 Å². The molecule has 4 amide bonds. The molecule has 4 N–H and O–H groups in total. The smallest absolute Gasteiger partial charge is 0.349 e. The fraction of sp³-hybridized carbons (Fsp3) is 0.0526. The summed E-state index contributed by atoms with van der Waals surface area (Å²) in [5.74, 6) is -0.0472. The summed E-state index contributed by atoms with van der Waals surface area (Å²) in [6.07, 6.45) is 0. The van der Waals surface area contributed by atoms with Crippen LogP contribution in [0.15, 0.2) is 52.0 Å². The number of carbonyl (C=O) groups excluding carboxylic acids is 4. The van der Waals surface area contributed by atoms with Crippen molar-refractivity contribution in [1.29, 1.82) is 0 Å². The zero-order valence-electron chi connectivity index (χ0n) is 15.8. The Hall–Kier alpha value is -3.80. The van der Waals surface area contributed by atoms with Crippen molar-refractivity contribution in [2.24, 2.45) is 10.9 Å². The number of nitrogens with two attached hydrogens (primary N) is 1. The number of hydrazine groups is 1. The van der Waals surface area contributed by atoms with Crippen LogP contribution in [0.5, 0.6) is 0 Å². The SMILES string of the molecule is NNC(=O)NN=C1C(=O)N(c2ccc(Cl)c(Cl)c2)C(=O)C(=O)C1c1nc2ccccc2o1. The predicted molar refractivity (Wildman–Crippen MR) is 114 cm³/mol. The largest absolute Gasteiger partial charge is 0.439 e. The van der Waals surface area contributed by atoms with Gasteiger partial charge >= 0.3 is 11.9 Å². The molecule has 1 aliphatic heterocycles. The Labute approximate surface area is 189 Å². The Bertz CT molecular complexity index is 1290. The lowest BCUT2D eigenvalue weighted by molar-refractivity contribution is -0.139. The van der Waals surface area contributed by atoms with Gasteiger partial charge in [0.15, 0.2) is 11.5 Å². The highest BCUT2D eigenvalue weighted by Gasteiger charge is 2.49. The molecule has 162 valence electrons. The van der Waals surface area contributed by atoms with Gasteiger partial charge in [0.05, 0.1) is 15.7 Å². The average molecular weight is 475 g/mol. The van der Waals surface area contributed by atoms with Crippen LogP contribution in [0.1, 0.15) is 11.8 Å². The van der Waals surface area contributed by atoms with Crippen LogP contribution in [0, 0.1) is 0 Å². The second-order valence-corrected chi connectivity index (χ2v) is 7.26. The summed E-state index contributed by atoms with van der Waals surface area (Å²) in [5, 5.41) is 3.95. The molecular formula is C19H12Cl2N6O5. The molecule has 1 unspecified atom stereocenters. The number of anilines is 1. The Kier molecular flexibility index (Phi) is 5.61. The van der Waals surface area contributed by atoms with Gasteiger partial charge in [0, 0.05) is 0 Å². The quantitative estimate of drug-likeness (QED) is 0.171. The lowest BCUT2D eigenvalue weighted by atomic mass is 9.91. The number of hydrogen-bond acceptors (Lipinski definition) is 8. The van der Waals surface area contributed by atoms with Crippen LogP contribution in [0.3, 0.4) is 0 Å². The van der Waals surface area contributed by atoms with Gasteiger partial charge in [-0.3, -0.25) is 19.8 Å². The molecule has 0 radical (unpaired) electrons. The van der Waals surface area contributed by atoms with Crippen molar-refractivity contribution >= 4 is 69.3 Å². The molecule has 0 bridgehead atoms. The molecule has 0 aliphatic carbocycles. The van der Waals surface area contributed by atoms with E-state index in [4.69, 9.17) is 33.5 Å². The zero-order valence-corrected chi connectivity index (χ0v) is 17.3. The minimum absolute atomic E-state index is 0.0188. The first kappa shape index (κ1) is 21.4. The number of carbonyl (C=O) groups is 4. The fourth-order valence-electron chi connectivity index (χ4n) is 3.04. The number of ketones is 1. The van der Waals surface area contributed by atoms with E-state index in [0.717, 1.165) is 0 Å². The molecule has 1 atom stereocenters. The fourth-order valence-corrected chi connectivity index (χ4v) is 3.34. The van der Waals surface area contributed by atoms with E-state index in [-0.39, 0.29) is 21.6 Å². The number of piperidine rings is 1. The zero-order chi connectivity index (χ0) is 23.0. The highest BCUT2D eigenvalue weighted by atomic mass is 35.5. The standard InChI is InChI=1S/C19H12Cl2N6O5/c20-9-6-5-8(7-10(9)21)27-17(29)14(25-26-19(31)24-22)13(15(28)18(27)30)16-23-11-3-1-2-4-12(11)32-16/h1-7,13H,22H2,(H2,24,26,31). The molecule has 0 saturated carbocycles. The molecule has 11 nitrogen and oxygen atoms in total. The summed E-state index contributed by atoms with van der Waals surface area (Å²) in [6, 6.07) is 9.56. The number of oxazole rings is 1.